The molecule has 3 aromatic rings. The van der Waals surface area contributed by atoms with Crippen LogP contribution in [0.5, 0.6) is 5.75 Å². The topological polar surface area (TPSA) is 77.5 Å². The summed E-state index contributed by atoms with van der Waals surface area (Å²) in [4.78, 5) is 29.2. The third-order valence-corrected chi connectivity index (χ3v) is 5.37. The largest absolute Gasteiger partial charge is 0.494 e. The maximum absolute atomic E-state index is 12.6. The zero-order valence-corrected chi connectivity index (χ0v) is 18.1. The SMILES string of the molecule is CCCCOC(=O)c1ccc2nc(NC(=O)c3cccc(OCCCC)c3)sc2c1. The second-order valence-corrected chi connectivity index (χ2v) is 7.91. The van der Waals surface area contributed by atoms with Crippen LogP contribution in [-0.2, 0) is 4.74 Å². The van der Waals surface area contributed by atoms with Crippen molar-refractivity contribution in [3.05, 3.63) is 53.6 Å². The van der Waals surface area contributed by atoms with E-state index in [-0.39, 0.29) is 11.9 Å². The van der Waals surface area contributed by atoms with E-state index in [1.54, 1.807) is 36.4 Å². The van der Waals surface area contributed by atoms with Gasteiger partial charge in [-0.1, -0.05) is 44.1 Å². The van der Waals surface area contributed by atoms with E-state index < -0.39 is 0 Å². The number of carbonyl (C=O) groups excluding carboxylic acids is 2. The van der Waals surface area contributed by atoms with Crippen LogP contribution in [0.15, 0.2) is 42.5 Å². The predicted molar refractivity (Wildman–Crippen MR) is 120 cm³/mol. The first-order chi connectivity index (χ1) is 14.6. The van der Waals surface area contributed by atoms with Gasteiger partial charge in [-0.2, -0.15) is 0 Å². The van der Waals surface area contributed by atoms with Gasteiger partial charge in [-0.15, -0.1) is 0 Å². The highest BCUT2D eigenvalue weighted by Gasteiger charge is 2.13. The van der Waals surface area contributed by atoms with Gasteiger partial charge in [0.1, 0.15) is 5.75 Å². The molecular formula is C23H26N2O4S. The van der Waals surface area contributed by atoms with E-state index >= 15 is 0 Å². The quantitative estimate of drug-likeness (QED) is 0.333. The predicted octanol–water partition coefficient (Wildman–Crippen LogP) is 5.68. The summed E-state index contributed by atoms with van der Waals surface area (Å²) in [6, 6.07) is 12.3. The number of benzene rings is 2. The van der Waals surface area contributed by atoms with Crippen LogP contribution in [0, 0.1) is 0 Å². The molecule has 0 saturated heterocycles. The van der Waals surface area contributed by atoms with Crippen molar-refractivity contribution >= 4 is 38.6 Å². The van der Waals surface area contributed by atoms with Crippen molar-refractivity contribution in [2.45, 2.75) is 39.5 Å². The minimum absolute atomic E-state index is 0.255. The van der Waals surface area contributed by atoms with Gasteiger partial charge in [-0.3, -0.25) is 10.1 Å². The molecular weight excluding hydrogens is 400 g/mol. The number of hydrogen-bond donors (Lipinski definition) is 1. The molecule has 6 nitrogen and oxygen atoms in total. The van der Waals surface area contributed by atoms with E-state index in [4.69, 9.17) is 9.47 Å². The summed E-state index contributed by atoms with van der Waals surface area (Å²) >= 11 is 1.32. The van der Waals surface area contributed by atoms with E-state index in [1.165, 1.54) is 11.3 Å². The van der Waals surface area contributed by atoms with Crippen molar-refractivity contribution in [1.82, 2.24) is 4.98 Å². The zero-order valence-electron chi connectivity index (χ0n) is 17.3. The molecule has 0 atom stereocenters. The second-order valence-electron chi connectivity index (χ2n) is 6.87. The van der Waals surface area contributed by atoms with Crippen LogP contribution >= 0.6 is 11.3 Å². The van der Waals surface area contributed by atoms with Gasteiger partial charge in [0.2, 0.25) is 0 Å². The number of rotatable bonds is 10. The van der Waals surface area contributed by atoms with Crippen molar-refractivity contribution in [2.24, 2.45) is 0 Å². The third-order valence-electron chi connectivity index (χ3n) is 4.44. The fraction of sp³-hybridized carbons (Fsp3) is 0.348. The van der Waals surface area contributed by atoms with E-state index in [0.717, 1.165) is 35.9 Å². The molecule has 1 amide bonds. The Morgan fingerprint density at radius 3 is 2.60 bits per heavy atom. The van der Waals surface area contributed by atoms with Gasteiger partial charge in [0.25, 0.3) is 5.91 Å². The fourth-order valence-electron chi connectivity index (χ4n) is 2.73. The van der Waals surface area contributed by atoms with Gasteiger partial charge in [-0.25, -0.2) is 9.78 Å². The van der Waals surface area contributed by atoms with Crippen LogP contribution in [-0.4, -0.2) is 30.1 Å². The summed E-state index contributed by atoms with van der Waals surface area (Å²) < 4.78 is 11.7. The van der Waals surface area contributed by atoms with Crippen molar-refractivity contribution < 1.29 is 19.1 Å². The normalized spacial score (nSPS) is 10.7. The molecule has 0 unspecified atom stereocenters. The Bertz CT molecular complexity index is 1020. The average Bonchev–Trinajstić information content (AvgIpc) is 3.15. The van der Waals surface area contributed by atoms with Crippen molar-refractivity contribution in [3.63, 3.8) is 0 Å². The summed E-state index contributed by atoms with van der Waals surface area (Å²) in [6.07, 6.45) is 3.83. The number of unbranched alkanes of at least 4 members (excludes halogenated alkanes) is 2. The van der Waals surface area contributed by atoms with Crippen LogP contribution < -0.4 is 10.1 Å². The van der Waals surface area contributed by atoms with E-state index in [2.05, 4.69) is 17.2 Å². The van der Waals surface area contributed by atoms with E-state index in [0.29, 0.717) is 35.2 Å². The molecule has 0 bridgehead atoms. The summed E-state index contributed by atoms with van der Waals surface area (Å²) in [5, 5.41) is 3.31. The van der Waals surface area contributed by atoms with Gasteiger partial charge < -0.3 is 9.47 Å². The van der Waals surface area contributed by atoms with Crippen LogP contribution in [0.1, 0.15) is 60.2 Å². The molecule has 7 heteroatoms. The molecule has 0 aliphatic heterocycles. The zero-order chi connectivity index (χ0) is 21.3. The number of nitrogens with zero attached hydrogens (tertiary/aromatic N) is 1. The third kappa shape index (κ3) is 5.79. The average molecular weight is 427 g/mol. The number of nitrogens with one attached hydrogen (secondary N) is 1. The molecule has 30 heavy (non-hydrogen) atoms. The molecule has 0 fully saturated rings. The number of carbonyl (C=O) groups is 2. The number of thiazole rings is 1. The maximum atomic E-state index is 12.6. The van der Waals surface area contributed by atoms with Crippen LogP contribution in [0.2, 0.25) is 0 Å². The Kier molecular flexibility index (Phi) is 7.79. The van der Waals surface area contributed by atoms with Gasteiger partial charge in [0, 0.05) is 5.56 Å². The summed E-state index contributed by atoms with van der Waals surface area (Å²) in [5.41, 5.74) is 1.71. The highest BCUT2D eigenvalue weighted by Crippen LogP contribution is 2.27. The summed E-state index contributed by atoms with van der Waals surface area (Å²) in [6.45, 7) is 5.19. The molecule has 158 valence electrons. The Hall–Kier alpha value is -2.93. The van der Waals surface area contributed by atoms with Gasteiger partial charge in [0.05, 0.1) is 29.0 Å². The van der Waals surface area contributed by atoms with E-state index in [1.807, 2.05) is 13.0 Å². The smallest absolute Gasteiger partial charge is 0.338 e. The lowest BCUT2D eigenvalue weighted by Gasteiger charge is -2.07. The molecule has 0 radical (unpaired) electrons. The molecule has 1 heterocycles. The minimum Gasteiger partial charge on any atom is -0.494 e. The molecule has 0 aliphatic rings. The highest BCUT2D eigenvalue weighted by atomic mass is 32.1. The molecule has 0 saturated carbocycles. The first-order valence-electron chi connectivity index (χ1n) is 10.2. The number of aromatic nitrogens is 1. The lowest BCUT2D eigenvalue weighted by molar-refractivity contribution is 0.0500. The molecule has 1 aromatic heterocycles. The Balaban J connectivity index is 1.67. The van der Waals surface area contributed by atoms with Crippen molar-refractivity contribution in [2.75, 3.05) is 18.5 Å². The number of ether oxygens (including phenoxy) is 2. The lowest BCUT2D eigenvalue weighted by Crippen LogP contribution is -2.11. The van der Waals surface area contributed by atoms with Crippen LogP contribution in [0.3, 0.4) is 0 Å². The molecule has 1 N–H and O–H groups in total. The number of anilines is 1. The minimum atomic E-state index is -0.343. The highest BCUT2D eigenvalue weighted by molar-refractivity contribution is 7.22. The standard InChI is InChI=1S/C23H26N2O4S/c1-3-5-12-28-18-9-7-8-16(14-18)21(26)25-23-24-19-11-10-17(15-20(19)30-23)22(27)29-13-6-4-2/h7-11,14-15H,3-6,12-13H2,1-2H3,(H,24,25,26). The first-order valence-corrected chi connectivity index (χ1v) is 11.0. The maximum Gasteiger partial charge on any atom is 0.338 e. The molecule has 2 aromatic carbocycles. The fourth-order valence-corrected chi connectivity index (χ4v) is 3.63. The monoisotopic (exact) mass is 426 g/mol. The second kappa shape index (κ2) is 10.7. The number of amides is 1. The Morgan fingerprint density at radius 1 is 1.00 bits per heavy atom. The number of hydrogen-bond acceptors (Lipinski definition) is 6. The van der Waals surface area contributed by atoms with Gasteiger partial charge in [0.15, 0.2) is 5.13 Å². The van der Waals surface area contributed by atoms with Gasteiger partial charge >= 0.3 is 5.97 Å². The Morgan fingerprint density at radius 2 is 1.80 bits per heavy atom. The van der Waals surface area contributed by atoms with Crippen LogP contribution in [0.4, 0.5) is 5.13 Å². The first kappa shape index (κ1) is 21.8. The molecule has 3 rings (SSSR count). The van der Waals surface area contributed by atoms with Crippen molar-refractivity contribution in [1.29, 1.82) is 0 Å². The number of esters is 1. The lowest BCUT2D eigenvalue weighted by atomic mass is 10.2. The summed E-state index contributed by atoms with van der Waals surface area (Å²) in [7, 11) is 0. The Labute approximate surface area is 180 Å². The summed E-state index contributed by atoms with van der Waals surface area (Å²) in [5.74, 6) is 0.0741. The van der Waals surface area contributed by atoms with Crippen molar-refractivity contribution in [3.8, 4) is 5.75 Å². The molecule has 0 aliphatic carbocycles. The van der Waals surface area contributed by atoms with Gasteiger partial charge in [-0.05, 0) is 49.2 Å². The van der Waals surface area contributed by atoms with Crippen LogP contribution in [0.25, 0.3) is 10.2 Å². The number of fused-ring (bicyclic) bond motifs is 1. The molecule has 0 spiro atoms. The van der Waals surface area contributed by atoms with E-state index in [9.17, 15) is 9.59 Å².